The van der Waals surface area contributed by atoms with E-state index in [0.29, 0.717) is 18.1 Å². The molecule has 0 aromatic heterocycles. The second-order valence-electron chi connectivity index (χ2n) is 5.79. The molecule has 0 spiro atoms. The number of Topliss-reactive ketones (excluding diaryl/α,β-unsaturated/α-hetero) is 1. The van der Waals surface area contributed by atoms with Crippen molar-refractivity contribution in [1.29, 1.82) is 0 Å². The molecule has 0 radical (unpaired) electrons. The highest BCUT2D eigenvalue weighted by molar-refractivity contribution is 5.86. The van der Waals surface area contributed by atoms with E-state index < -0.39 is 11.7 Å². The molecule has 0 aliphatic heterocycles. The maximum absolute atomic E-state index is 11.6. The van der Waals surface area contributed by atoms with Crippen molar-refractivity contribution in [2.45, 2.75) is 51.7 Å². The standard InChI is InChI=1S/C12H19NO3/c1-12(2,3)16-11(15)13-10-7-4-5-8(10)9(14)6-7/h7-8,10H,4-6H2,1-3H3,(H,13,15)/t7-,8+,10+/m0/s1. The number of carbonyl (C=O) groups excluding carboxylic acids is 2. The quantitative estimate of drug-likeness (QED) is 0.741. The lowest BCUT2D eigenvalue weighted by atomic mass is 10.00. The van der Waals surface area contributed by atoms with E-state index in [0.717, 1.165) is 12.8 Å². The molecule has 2 fully saturated rings. The first kappa shape index (κ1) is 11.4. The highest BCUT2D eigenvalue weighted by Gasteiger charge is 2.48. The van der Waals surface area contributed by atoms with Crippen LogP contribution >= 0.6 is 0 Å². The zero-order valence-corrected chi connectivity index (χ0v) is 10.1. The van der Waals surface area contributed by atoms with Crippen molar-refractivity contribution in [1.82, 2.24) is 5.32 Å². The van der Waals surface area contributed by atoms with Crippen LogP contribution in [0, 0.1) is 11.8 Å². The number of rotatable bonds is 1. The summed E-state index contributed by atoms with van der Waals surface area (Å²) in [5.41, 5.74) is -0.480. The Balaban J connectivity index is 1.91. The first-order valence-electron chi connectivity index (χ1n) is 5.89. The van der Waals surface area contributed by atoms with Gasteiger partial charge in [-0.3, -0.25) is 4.79 Å². The molecular formula is C12H19NO3. The van der Waals surface area contributed by atoms with Gasteiger partial charge in [-0.2, -0.15) is 0 Å². The van der Waals surface area contributed by atoms with Gasteiger partial charge in [0.15, 0.2) is 0 Å². The third-order valence-corrected chi connectivity index (χ3v) is 3.35. The van der Waals surface area contributed by atoms with Gasteiger partial charge in [0.05, 0.1) is 0 Å². The number of fused-ring (bicyclic) bond motifs is 2. The van der Waals surface area contributed by atoms with Crippen LogP contribution < -0.4 is 5.32 Å². The van der Waals surface area contributed by atoms with Gasteiger partial charge in [-0.25, -0.2) is 4.79 Å². The van der Waals surface area contributed by atoms with E-state index in [4.69, 9.17) is 4.74 Å². The first-order chi connectivity index (χ1) is 7.37. The fraction of sp³-hybridized carbons (Fsp3) is 0.833. The van der Waals surface area contributed by atoms with Crippen LogP contribution in [0.2, 0.25) is 0 Å². The lowest BCUT2D eigenvalue weighted by molar-refractivity contribution is -0.121. The number of ketones is 1. The largest absolute Gasteiger partial charge is 0.444 e. The van der Waals surface area contributed by atoms with E-state index in [2.05, 4.69) is 5.32 Å². The highest BCUT2D eigenvalue weighted by atomic mass is 16.6. The predicted molar refractivity (Wildman–Crippen MR) is 59.0 cm³/mol. The topological polar surface area (TPSA) is 55.4 Å². The van der Waals surface area contributed by atoms with Gasteiger partial charge in [-0.05, 0) is 39.5 Å². The SMILES string of the molecule is CC(C)(C)OC(=O)N[C@@H]1[C@H]2CC[C@@H]1C(=O)C2. The minimum absolute atomic E-state index is 0.0161. The van der Waals surface area contributed by atoms with Gasteiger partial charge in [-0.1, -0.05) is 0 Å². The Bertz CT molecular complexity index is 319. The van der Waals surface area contributed by atoms with Crippen molar-refractivity contribution < 1.29 is 14.3 Å². The van der Waals surface area contributed by atoms with Crippen molar-refractivity contribution in [3.05, 3.63) is 0 Å². The van der Waals surface area contributed by atoms with Gasteiger partial charge in [0, 0.05) is 18.4 Å². The molecular weight excluding hydrogens is 206 g/mol. The maximum Gasteiger partial charge on any atom is 0.407 e. The Morgan fingerprint density at radius 2 is 2.06 bits per heavy atom. The Morgan fingerprint density at radius 1 is 1.38 bits per heavy atom. The fourth-order valence-electron chi connectivity index (χ4n) is 2.74. The molecule has 0 saturated heterocycles. The molecule has 16 heavy (non-hydrogen) atoms. The number of alkyl carbamates (subject to hydrolysis) is 1. The van der Waals surface area contributed by atoms with Crippen molar-refractivity contribution in [2.75, 3.05) is 0 Å². The van der Waals surface area contributed by atoms with Crippen LogP contribution in [-0.4, -0.2) is 23.5 Å². The molecule has 1 amide bonds. The van der Waals surface area contributed by atoms with Crippen LogP contribution in [0.15, 0.2) is 0 Å². The molecule has 0 aromatic carbocycles. The van der Waals surface area contributed by atoms with Crippen molar-refractivity contribution in [2.24, 2.45) is 11.8 Å². The summed E-state index contributed by atoms with van der Waals surface area (Å²) in [5, 5.41) is 2.85. The summed E-state index contributed by atoms with van der Waals surface area (Å²) in [6, 6.07) is 0.0161. The van der Waals surface area contributed by atoms with Gasteiger partial charge in [-0.15, -0.1) is 0 Å². The average molecular weight is 225 g/mol. The van der Waals surface area contributed by atoms with Crippen LogP contribution in [-0.2, 0) is 9.53 Å². The van der Waals surface area contributed by atoms with Gasteiger partial charge in [0.1, 0.15) is 11.4 Å². The van der Waals surface area contributed by atoms with Crippen molar-refractivity contribution in [3.63, 3.8) is 0 Å². The Hall–Kier alpha value is -1.06. The highest BCUT2D eigenvalue weighted by Crippen LogP contribution is 2.42. The first-order valence-corrected chi connectivity index (χ1v) is 5.89. The molecule has 0 unspecified atom stereocenters. The third-order valence-electron chi connectivity index (χ3n) is 3.35. The molecule has 4 nitrogen and oxygen atoms in total. The number of nitrogens with one attached hydrogen (secondary N) is 1. The fourth-order valence-corrected chi connectivity index (χ4v) is 2.74. The third kappa shape index (κ3) is 2.20. The number of carbonyl (C=O) groups is 2. The summed E-state index contributed by atoms with van der Waals surface area (Å²) in [4.78, 5) is 23.1. The number of ether oxygens (including phenoxy) is 1. The summed E-state index contributed by atoms with van der Waals surface area (Å²) >= 11 is 0. The molecule has 2 rings (SSSR count). The van der Waals surface area contributed by atoms with Crippen molar-refractivity contribution >= 4 is 11.9 Å². The Kier molecular flexibility index (Phi) is 2.68. The van der Waals surface area contributed by atoms with Crippen LogP contribution in [0.4, 0.5) is 4.79 Å². The molecule has 2 aliphatic carbocycles. The van der Waals surface area contributed by atoms with E-state index in [1.54, 1.807) is 0 Å². The van der Waals surface area contributed by atoms with E-state index in [1.807, 2.05) is 20.8 Å². The predicted octanol–water partition coefficient (Wildman–Crippen LogP) is 1.88. The van der Waals surface area contributed by atoms with E-state index in [9.17, 15) is 9.59 Å². The van der Waals surface area contributed by atoms with Gasteiger partial charge in [0.2, 0.25) is 0 Å². The summed E-state index contributed by atoms with van der Waals surface area (Å²) in [5.74, 6) is 0.680. The van der Waals surface area contributed by atoms with Crippen LogP contribution in [0.5, 0.6) is 0 Å². The van der Waals surface area contributed by atoms with Crippen LogP contribution in [0.25, 0.3) is 0 Å². The summed E-state index contributed by atoms with van der Waals surface area (Å²) in [7, 11) is 0. The van der Waals surface area contributed by atoms with Gasteiger partial charge >= 0.3 is 6.09 Å². The maximum atomic E-state index is 11.6. The summed E-state index contributed by atoms with van der Waals surface area (Å²) in [6.07, 6.45) is 2.20. The normalized spacial score (nSPS) is 32.9. The average Bonchev–Trinajstić information content (AvgIpc) is 2.57. The van der Waals surface area contributed by atoms with E-state index >= 15 is 0 Å². The molecule has 2 saturated carbocycles. The monoisotopic (exact) mass is 225 g/mol. The molecule has 4 heteroatoms. The molecule has 1 N–H and O–H groups in total. The summed E-state index contributed by atoms with van der Waals surface area (Å²) < 4.78 is 5.20. The Morgan fingerprint density at radius 3 is 2.50 bits per heavy atom. The zero-order chi connectivity index (χ0) is 11.9. The van der Waals surface area contributed by atoms with Crippen LogP contribution in [0.3, 0.4) is 0 Å². The van der Waals surface area contributed by atoms with E-state index in [1.165, 1.54) is 0 Å². The van der Waals surface area contributed by atoms with Gasteiger partial charge in [0.25, 0.3) is 0 Å². The molecule has 2 bridgehead atoms. The molecule has 0 heterocycles. The second kappa shape index (κ2) is 3.75. The number of hydrogen-bond acceptors (Lipinski definition) is 3. The second-order valence-corrected chi connectivity index (χ2v) is 5.79. The summed E-state index contributed by atoms with van der Waals surface area (Å²) in [6.45, 7) is 5.50. The molecule has 90 valence electrons. The lowest BCUT2D eigenvalue weighted by Crippen LogP contribution is -2.42. The van der Waals surface area contributed by atoms with Gasteiger partial charge < -0.3 is 10.1 Å². The minimum atomic E-state index is -0.480. The van der Waals surface area contributed by atoms with Crippen LogP contribution in [0.1, 0.15) is 40.0 Å². The zero-order valence-electron chi connectivity index (χ0n) is 10.1. The van der Waals surface area contributed by atoms with Crippen molar-refractivity contribution in [3.8, 4) is 0 Å². The smallest absolute Gasteiger partial charge is 0.407 e. The van der Waals surface area contributed by atoms with E-state index in [-0.39, 0.29) is 12.0 Å². The lowest BCUT2D eigenvalue weighted by Gasteiger charge is -2.23. The number of amides is 1. The minimum Gasteiger partial charge on any atom is -0.444 e. The number of hydrogen-bond donors (Lipinski definition) is 1. The molecule has 0 aromatic rings. The Labute approximate surface area is 95.7 Å². The molecule has 2 aliphatic rings. The molecule has 3 atom stereocenters.